The Morgan fingerprint density at radius 1 is 0.500 bits per heavy atom. The van der Waals surface area contributed by atoms with Gasteiger partial charge in [-0.25, -0.2) is 0 Å². The molecule has 7 aromatic carbocycles. The van der Waals surface area contributed by atoms with Gasteiger partial charge in [0, 0.05) is 45.5 Å². The van der Waals surface area contributed by atoms with E-state index in [1.807, 2.05) is 0 Å². The number of hydrogen-bond donors (Lipinski definition) is 0. The molecule has 0 aliphatic carbocycles. The van der Waals surface area contributed by atoms with Gasteiger partial charge in [-0.1, -0.05) is 134 Å². The Morgan fingerprint density at radius 2 is 1.09 bits per heavy atom. The summed E-state index contributed by atoms with van der Waals surface area (Å²) in [7, 11) is 0. The lowest BCUT2D eigenvalue weighted by Crippen LogP contribution is -2.29. The zero-order valence-corrected chi connectivity index (χ0v) is 25.5. The van der Waals surface area contributed by atoms with Crippen LogP contribution in [0.1, 0.15) is 11.3 Å². The molecule has 1 atom stereocenters. The second-order valence-electron chi connectivity index (χ2n) is 12.2. The SMILES string of the molecule is C=C1c2ccccc2N(c2cccc3ccccc23)C1Cc1cc2ccccc2n1-c1ccc(-c2cccc3ccccc23)cc1. The summed E-state index contributed by atoms with van der Waals surface area (Å²) in [6.45, 7) is 4.70. The van der Waals surface area contributed by atoms with Crippen LogP contribution in [0.2, 0.25) is 0 Å². The summed E-state index contributed by atoms with van der Waals surface area (Å²) in [4.78, 5) is 2.52. The third kappa shape index (κ3) is 4.18. The molecule has 2 nitrogen and oxygen atoms in total. The average Bonchev–Trinajstić information content (AvgIpc) is 3.62. The topological polar surface area (TPSA) is 8.17 Å². The number of anilines is 2. The van der Waals surface area contributed by atoms with Crippen LogP contribution in [-0.2, 0) is 6.42 Å². The Morgan fingerprint density at radius 3 is 1.91 bits per heavy atom. The van der Waals surface area contributed by atoms with Gasteiger partial charge >= 0.3 is 0 Å². The van der Waals surface area contributed by atoms with E-state index in [9.17, 15) is 0 Å². The van der Waals surface area contributed by atoms with Gasteiger partial charge in [0.2, 0.25) is 0 Å². The van der Waals surface area contributed by atoms with Crippen molar-refractivity contribution in [3.8, 4) is 16.8 Å². The molecule has 2 heterocycles. The van der Waals surface area contributed by atoms with E-state index < -0.39 is 0 Å². The summed E-state index contributed by atoms with van der Waals surface area (Å²) in [6.07, 6.45) is 0.816. The van der Waals surface area contributed by atoms with Crippen molar-refractivity contribution in [3.05, 3.63) is 182 Å². The first kappa shape index (κ1) is 26.5. The Kier molecular flexibility index (Phi) is 6.14. The Labute approximate surface area is 269 Å². The fraction of sp³-hybridized carbons (Fsp3) is 0.0455. The molecule has 0 saturated carbocycles. The first-order valence-electron chi connectivity index (χ1n) is 16.0. The van der Waals surface area contributed by atoms with Crippen LogP contribution in [0.15, 0.2) is 170 Å². The van der Waals surface area contributed by atoms with Gasteiger partial charge in [-0.2, -0.15) is 0 Å². The second-order valence-corrected chi connectivity index (χ2v) is 12.2. The van der Waals surface area contributed by atoms with Crippen LogP contribution in [0.4, 0.5) is 11.4 Å². The maximum Gasteiger partial charge on any atom is 0.0647 e. The fourth-order valence-electron chi connectivity index (χ4n) is 7.52. The Balaban J connectivity index is 1.17. The third-order valence-corrected chi connectivity index (χ3v) is 9.67. The molecular weight excluding hydrogens is 556 g/mol. The normalized spacial score (nSPS) is 14.4. The molecule has 1 unspecified atom stereocenters. The van der Waals surface area contributed by atoms with Crippen LogP contribution >= 0.6 is 0 Å². The highest BCUT2D eigenvalue weighted by Crippen LogP contribution is 2.47. The largest absolute Gasteiger partial charge is 0.332 e. The molecule has 0 fully saturated rings. The van der Waals surface area contributed by atoms with Crippen molar-refractivity contribution in [2.75, 3.05) is 4.90 Å². The van der Waals surface area contributed by atoms with E-state index in [4.69, 9.17) is 6.58 Å². The number of rotatable bonds is 5. The van der Waals surface area contributed by atoms with Crippen molar-refractivity contribution < 1.29 is 0 Å². The number of nitrogens with zero attached hydrogens (tertiary/aromatic N) is 2. The number of fused-ring (bicyclic) bond motifs is 4. The Bertz CT molecular complexity index is 2420. The summed E-state index contributed by atoms with van der Waals surface area (Å²) in [5, 5.41) is 6.28. The van der Waals surface area contributed by atoms with Gasteiger partial charge in [0.25, 0.3) is 0 Å². The summed E-state index contributed by atoms with van der Waals surface area (Å²) in [5.74, 6) is 0. The van der Waals surface area contributed by atoms with Gasteiger partial charge in [0.15, 0.2) is 0 Å². The monoisotopic (exact) mass is 588 g/mol. The van der Waals surface area contributed by atoms with Crippen molar-refractivity contribution in [2.24, 2.45) is 0 Å². The molecule has 1 aliphatic rings. The molecule has 218 valence electrons. The zero-order valence-electron chi connectivity index (χ0n) is 25.5. The fourth-order valence-corrected chi connectivity index (χ4v) is 7.52. The lowest BCUT2D eigenvalue weighted by Gasteiger charge is -2.30. The second kappa shape index (κ2) is 10.6. The number of benzene rings is 7. The van der Waals surface area contributed by atoms with E-state index in [0.717, 1.165) is 17.7 Å². The van der Waals surface area contributed by atoms with E-state index >= 15 is 0 Å². The smallest absolute Gasteiger partial charge is 0.0647 e. The predicted molar refractivity (Wildman–Crippen MR) is 195 cm³/mol. The van der Waals surface area contributed by atoms with E-state index in [1.165, 1.54) is 66.2 Å². The molecule has 8 aromatic rings. The minimum atomic E-state index is 0.0706. The standard InChI is InChI=1S/C44H32N2/c1-30-37-17-7-9-22-42(37)46(43-23-11-16-32-13-3-6-19-40(32)43)44(30)29-36-28-34-14-4-8-21-41(34)45(36)35-26-24-33(25-27-35)39-20-10-15-31-12-2-5-18-38(31)39/h2-28,44H,1,29H2. The summed E-state index contributed by atoms with van der Waals surface area (Å²) in [5.41, 5.74) is 10.9. The minimum Gasteiger partial charge on any atom is -0.332 e. The molecule has 0 spiro atoms. The summed E-state index contributed by atoms with van der Waals surface area (Å²) in [6, 6.07) is 59.5. The number of para-hydroxylation sites is 2. The molecule has 0 saturated heterocycles. The van der Waals surface area contributed by atoms with E-state index in [-0.39, 0.29) is 6.04 Å². The van der Waals surface area contributed by atoms with Crippen molar-refractivity contribution in [1.29, 1.82) is 0 Å². The Hall–Kier alpha value is -5.86. The third-order valence-electron chi connectivity index (χ3n) is 9.67. The van der Waals surface area contributed by atoms with Crippen LogP contribution in [0.3, 0.4) is 0 Å². The number of aromatic nitrogens is 1. The first-order valence-corrected chi connectivity index (χ1v) is 16.0. The van der Waals surface area contributed by atoms with Gasteiger partial charge in [0.1, 0.15) is 0 Å². The maximum atomic E-state index is 4.70. The minimum absolute atomic E-state index is 0.0706. The van der Waals surface area contributed by atoms with Gasteiger partial charge < -0.3 is 9.47 Å². The van der Waals surface area contributed by atoms with E-state index in [1.54, 1.807) is 0 Å². The molecule has 0 amide bonds. The van der Waals surface area contributed by atoms with Gasteiger partial charge in [-0.3, -0.25) is 0 Å². The van der Waals surface area contributed by atoms with Crippen LogP contribution in [0.5, 0.6) is 0 Å². The average molecular weight is 589 g/mol. The van der Waals surface area contributed by atoms with Crippen LogP contribution < -0.4 is 4.90 Å². The van der Waals surface area contributed by atoms with E-state index in [0.29, 0.717) is 0 Å². The van der Waals surface area contributed by atoms with Crippen LogP contribution in [-0.4, -0.2) is 10.6 Å². The molecule has 9 rings (SSSR count). The predicted octanol–water partition coefficient (Wildman–Crippen LogP) is 11.4. The van der Waals surface area contributed by atoms with Crippen LogP contribution in [0.25, 0.3) is 54.8 Å². The van der Waals surface area contributed by atoms with Gasteiger partial charge in [0.05, 0.1) is 11.6 Å². The molecule has 0 N–H and O–H groups in total. The molecule has 0 bridgehead atoms. The highest BCUT2D eigenvalue weighted by Gasteiger charge is 2.35. The molecule has 0 radical (unpaired) electrons. The molecule has 2 heteroatoms. The maximum absolute atomic E-state index is 4.70. The molecular formula is C44H32N2. The molecule has 1 aliphatic heterocycles. The van der Waals surface area contributed by atoms with Crippen molar-refractivity contribution in [1.82, 2.24) is 4.57 Å². The molecule has 1 aromatic heterocycles. The van der Waals surface area contributed by atoms with Gasteiger partial charge in [-0.15, -0.1) is 0 Å². The number of hydrogen-bond acceptors (Lipinski definition) is 1. The van der Waals surface area contributed by atoms with Gasteiger partial charge in [-0.05, 0) is 69.3 Å². The zero-order chi connectivity index (χ0) is 30.6. The lowest BCUT2D eigenvalue weighted by atomic mass is 9.98. The lowest BCUT2D eigenvalue weighted by molar-refractivity contribution is 0.781. The van der Waals surface area contributed by atoms with Crippen molar-refractivity contribution in [3.63, 3.8) is 0 Å². The highest BCUT2D eigenvalue weighted by molar-refractivity contribution is 6.01. The van der Waals surface area contributed by atoms with Crippen LogP contribution in [0, 0.1) is 0 Å². The van der Waals surface area contributed by atoms with Crippen molar-refractivity contribution in [2.45, 2.75) is 12.5 Å². The first-order chi connectivity index (χ1) is 22.7. The summed E-state index contributed by atoms with van der Waals surface area (Å²) >= 11 is 0. The van der Waals surface area contributed by atoms with Crippen molar-refractivity contribution >= 4 is 49.4 Å². The quantitative estimate of drug-likeness (QED) is 0.194. The summed E-state index contributed by atoms with van der Waals surface area (Å²) < 4.78 is 2.44. The van der Waals surface area contributed by atoms with E-state index in [2.05, 4.69) is 173 Å². The molecule has 46 heavy (non-hydrogen) atoms. The highest BCUT2D eigenvalue weighted by atomic mass is 15.2.